The molecule has 2 aromatic carbocycles. The number of nitrogens with zero attached hydrogens (tertiary/aromatic N) is 3. The van der Waals surface area contributed by atoms with Gasteiger partial charge in [-0.1, -0.05) is 18.2 Å². The van der Waals surface area contributed by atoms with E-state index in [0.29, 0.717) is 35.8 Å². The molecule has 2 aromatic heterocycles. The molecule has 1 amide bonds. The Labute approximate surface area is 185 Å². The van der Waals surface area contributed by atoms with Gasteiger partial charge in [-0.2, -0.15) is 5.10 Å². The van der Waals surface area contributed by atoms with E-state index in [9.17, 15) is 9.18 Å². The monoisotopic (exact) mass is 434 g/mol. The number of hydrogen-bond donors (Lipinski definition) is 1. The first-order valence-electron chi connectivity index (χ1n) is 10.1. The van der Waals surface area contributed by atoms with Crippen molar-refractivity contribution < 1.29 is 18.7 Å². The second-order valence-electron chi connectivity index (χ2n) is 7.03. The van der Waals surface area contributed by atoms with Gasteiger partial charge in [-0.25, -0.2) is 9.07 Å². The lowest BCUT2D eigenvalue weighted by Crippen LogP contribution is -2.26. The molecule has 0 saturated heterocycles. The van der Waals surface area contributed by atoms with E-state index < -0.39 is 5.82 Å². The molecular weight excluding hydrogens is 411 g/mol. The third-order valence-corrected chi connectivity index (χ3v) is 5.07. The van der Waals surface area contributed by atoms with Crippen molar-refractivity contribution in [2.45, 2.75) is 6.42 Å². The van der Waals surface area contributed by atoms with Gasteiger partial charge in [-0.15, -0.1) is 0 Å². The number of amides is 1. The third-order valence-electron chi connectivity index (χ3n) is 5.07. The van der Waals surface area contributed by atoms with E-state index in [0.717, 1.165) is 5.56 Å². The van der Waals surface area contributed by atoms with E-state index in [4.69, 9.17) is 9.47 Å². The second-order valence-corrected chi connectivity index (χ2v) is 7.03. The summed E-state index contributed by atoms with van der Waals surface area (Å²) in [6.45, 7) is 0.407. The third kappa shape index (κ3) is 4.20. The Morgan fingerprint density at radius 1 is 1.03 bits per heavy atom. The number of methoxy groups -OCH3 is 2. The van der Waals surface area contributed by atoms with Crippen molar-refractivity contribution in [2.75, 3.05) is 20.8 Å². The number of carbonyl (C=O) groups is 1. The van der Waals surface area contributed by atoms with Crippen molar-refractivity contribution in [3.8, 4) is 23.0 Å². The first kappa shape index (κ1) is 21.2. The minimum atomic E-state index is -0.426. The molecule has 4 rings (SSSR count). The van der Waals surface area contributed by atoms with Crippen molar-refractivity contribution in [2.24, 2.45) is 0 Å². The van der Waals surface area contributed by atoms with Crippen LogP contribution in [-0.2, 0) is 6.42 Å². The highest BCUT2D eigenvalue weighted by Gasteiger charge is 2.21. The van der Waals surface area contributed by atoms with Crippen LogP contribution in [0, 0.1) is 5.82 Å². The number of para-hydroxylation sites is 1. The molecule has 0 bridgehead atoms. The molecule has 1 N–H and O–H groups in total. The molecule has 8 heteroatoms. The van der Waals surface area contributed by atoms with Crippen LogP contribution in [0.15, 0.2) is 73.2 Å². The predicted molar refractivity (Wildman–Crippen MR) is 118 cm³/mol. The molecule has 0 fully saturated rings. The molecule has 4 aromatic rings. The lowest BCUT2D eigenvalue weighted by atomic mass is 10.1. The van der Waals surface area contributed by atoms with Crippen LogP contribution in [0.25, 0.3) is 11.5 Å². The van der Waals surface area contributed by atoms with Crippen LogP contribution < -0.4 is 14.8 Å². The predicted octanol–water partition coefficient (Wildman–Crippen LogP) is 3.79. The van der Waals surface area contributed by atoms with Crippen molar-refractivity contribution in [1.29, 1.82) is 0 Å². The fourth-order valence-corrected chi connectivity index (χ4v) is 3.48. The number of aromatic nitrogens is 3. The van der Waals surface area contributed by atoms with Gasteiger partial charge in [0.25, 0.3) is 5.91 Å². The van der Waals surface area contributed by atoms with E-state index in [-0.39, 0.29) is 11.6 Å². The highest BCUT2D eigenvalue weighted by atomic mass is 19.1. The molecule has 0 radical (unpaired) electrons. The Morgan fingerprint density at radius 3 is 2.50 bits per heavy atom. The lowest BCUT2D eigenvalue weighted by molar-refractivity contribution is 0.0954. The van der Waals surface area contributed by atoms with Gasteiger partial charge in [-0.05, 0) is 48.4 Å². The van der Waals surface area contributed by atoms with Gasteiger partial charge in [0.15, 0.2) is 17.3 Å². The number of hydrogen-bond acceptors (Lipinski definition) is 4. The molecule has 0 atom stereocenters. The van der Waals surface area contributed by atoms with E-state index in [1.807, 2.05) is 30.3 Å². The molecule has 0 aliphatic rings. The van der Waals surface area contributed by atoms with E-state index in [1.54, 1.807) is 49.4 Å². The summed E-state index contributed by atoms with van der Waals surface area (Å²) in [5.74, 6) is 1.03. The van der Waals surface area contributed by atoms with Gasteiger partial charge >= 0.3 is 0 Å². The Kier molecular flexibility index (Phi) is 6.21. The van der Waals surface area contributed by atoms with Crippen LogP contribution in [0.1, 0.15) is 15.9 Å². The smallest absolute Gasteiger partial charge is 0.256 e. The molecule has 7 nitrogen and oxygen atoms in total. The highest BCUT2D eigenvalue weighted by molar-refractivity contribution is 5.97. The van der Waals surface area contributed by atoms with Gasteiger partial charge < -0.3 is 19.4 Å². The Morgan fingerprint density at radius 2 is 1.78 bits per heavy atom. The molecule has 0 spiro atoms. The van der Waals surface area contributed by atoms with Crippen molar-refractivity contribution >= 4 is 5.91 Å². The molecular formula is C24H23FN4O3. The van der Waals surface area contributed by atoms with E-state index >= 15 is 0 Å². The first-order chi connectivity index (χ1) is 15.6. The average Bonchev–Trinajstić information content (AvgIpc) is 3.49. The van der Waals surface area contributed by atoms with Crippen molar-refractivity contribution in [3.63, 3.8) is 0 Å². The number of nitrogens with one attached hydrogen (secondary N) is 1. The first-order valence-corrected chi connectivity index (χ1v) is 10.1. The Bertz CT molecular complexity index is 1220. The van der Waals surface area contributed by atoms with Crippen LogP contribution in [-0.4, -0.2) is 41.0 Å². The second kappa shape index (κ2) is 9.38. The number of rotatable bonds is 8. The Hall–Kier alpha value is -4.07. The summed E-state index contributed by atoms with van der Waals surface area (Å²) in [4.78, 5) is 13.0. The molecule has 164 valence electrons. The number of benzene rings is 2. The number of ether oxygens (including phenoxy) is 2. The molecule has 2 heterocycles. The zero-order valence-corrected chi connectivity index (χ0v) is 17.8. The summed E-state index contributed by atoms with van der Waals surface area (Å²) in [7, 11) is 3.17. The largest absolute Gasteiger partial charge is 0.493 e. The summed E-state index contributed by atoms with van der Waals surface area (Å²) in [5.41, 5.74) is 1.60. The molecule has 0 unspecified atom stereocenters. The highest BCUT2D eigenvalue weighted by Crippen LogP contribution is 2.27. The van der Waals surface area contributed by atoms with Gasteiger partial charge in [-0.3, -0.25) is 4.79 Å². The maximum absolute atomic E-state index is 14.4. The van der Waals surface area contributed by atoms with Crippen LogP contribution in [0.2, 0.25) is 0 Å². The minimum absolute atomic E-state index is 0.264. The normalized spacial score (nSPS) is 10.7. The molecule has 0 aliphatic carbocycles. The van der Waals surface area contributed by atoms with Crippen LogP contribution >= 0.6 is 0 Å². The fourth-order valence-electron chi connectivity index (χ4n) is 3.48. The lowest BCUT2D eigenvalue weighted by Gasteiger charge is -2.12. The summed E-state index contributed by atoms with van der Waals surface area (Å²) >= 11 is 0. The SMILES string of the molecule is COc1ccc(CCNC(=O)c2cnn(-c3ccccc3F)c2-n2cccc2)cc1OC. The summed E-state index contributed by atoms with van der Waals surface area (Å²) in [6, 6.07) is 15.6. The van der Waals surface area contributed by atoms with Crippen LogP contribution in [0.3, 0.4) is 0 Å². The standard InChI is InChI=1S/C24H23FN4O3/c1-31-21-10-9-17(15-22(21)32-2)11-12-26-23(30)18-16-27-29(20-8-4-3-7-19(20)25)24(18)28-13-5-6-14-28/h3-10,13-16H,11-12H2,1-2H3,(H,26,30). The minimum Gasteiger partial charge on any atom is -0.493 e. The fraction of sp³-hybridized carbons (Fsp3) is 0.167. The number of halogens is 1. The summed E-state index contributed by atoms with van der Waals surface area (Å²) in [6.07, 6.45) is 5.63. The van der Waals surface area contributed by atoms with Crippen molar-refractivity contribution in [3.05, 3.63) is 90.1 Å². The van der Waals surface area contributed by atoms with Crippen LogP contribution in [0.4, 0.5) is 4.39 Å². The molecule has 0 saturated carbocycles. The molecule has 32 heavy (non-hydrogen) atoms. The zero-order chi connectivity index (χ0) is 22.5. The topological polar surface area (TPSA) is 70.3 Å². The van der Waals surface area contributed by atoms with E-state index in [1.165, 1.54) is 16.9 Å². The quantitative estimate of drug-likeness (QED) is 0.458. The maximum atomic E-state index is 14.4. The maximum Gasteiger partial charge on any atom is 0.256 e. The van der Waals surface area contributed by atoms with Gasteiger partial charge in [0, 0.05) is 18.9 Å². The van der Waals surface area contributed by atoms with Crippen LogP contribution in [0.5, 0.6) is 11.5 Å². The molecule has 0 aliphatic heterocycles. The van der Waals surface area contributed by atoms with Gasteiger partial charge in [0.2, 0.25) is 0 Å². The summed E-state index contributed by atoms with van der Waals surface area (Å²) < 4.78 is 28.2. The van der Waals surface area contributed by atoms with Gasteiger partial charge in [0.1, 0.15) is 17.1 Å². The number of carbonyl (C=O) groups excluding carboxylic acids is 1. The van der Waals surface area contributed by atoms with Crippen molar-refractivity contribution in [1.82, 2.24) is 19.7 Å². The zero-order valence-electron chi connectivity index (χ0n) is 17.8. The Balaban J connectivity index is 1.55. The van der Waals surface area contributed by atoms with E-state index in [2.05, 4.69) is 10.4 Å². The average molecular weight is 434 g/mol. The summed E-state index contributed by atoms with van der Waals surface area (Å²) in [5, 5.41) is 7.22. The van der Waals surface area contributed by atoms with Gasteiger partial charge in [0.05, 0.1) is 20.4 Å².